The van der Waals surface area contributed by atoms with E-state index in [9.17, 15) is 0 Å². The molecule has 0 aromatic rings. The van der Waals surface area contributed by atoms with Gasteiger partial charge in [-0.05, 0) is 6.54 Å². The first-order valence-corrected chi connectivity index (χ1v) is 5.65. The van der Waals surface area contributed by atoms with Crippen molar-refractivity contribution < 1.29 is 4.74 Å². The Bertz CT molecular complexity index is 111. The van der Waals surface area contributed by atoms with E-state index < -0.39 is 0 Å². The van der Waals surface area contributed by atoms with Crippen LogP contribution >= 0.6 is 0 Å². The van der Waals surface area contributed by atoms with Crippen LogP contribution in [0.15, 0.2) is 0 Å². The molecule has 2 rings (SSSR count). The van der Waals surface area contributed by atoms with Gasteiger partial charge in [0.1, 0.15) is 0 Å². The molecule has 4 nitrogen and oxygen atoms in total. The van der Waals surface area contributed by atoms with Crippen LogP contribution in [-0.2, 0) is 4.74 Å². The molecule has 84 valence electrons. The second kappa shape index (κ2) is 8.17. The van der Waals surface area contributed by atoms with E-state index in [1.165, 1.54) is 32.7 Å². The highest BCUT2D eigenvalue weighted by molar-refractivity contribution is 4.64. The van der Waals surface area contributed by atoms with Crippen LogP contribution in [0.3, 0.4) is 0 Å². The molecule has 0 amide bonds. The molecular formula is C10H23N3O. The van der Waals surface area contributed by atoms with Crippen molar-refractivity contribution in [3.8, 4) is 0 Å². The molecule has 2 fully saturated rings. The first-order chi connectivity index (χ1) is 6.93. The van der Waals surface area contributed by atoms with Crippen LogP contribution in [0.4, 0.5) is 0 Å². The summed E-state index contributed by atoms with van der Waals surface area (Å²) in [6.07, 6.45) is 0. The highest BCUT2D eigenvalue weighted by atomic mass is 16.5. The molecule has 0 aromatic carbocycles. The van der Waals surface area contributed by atoms with E-state index in [0.29, 0.717) is 0 Å². The van der Waals surface area contributed by atoms with Crippen molar-refractivity contribution in [2.24, 2.45) is 0 Å². The molecule has 0 aromatic heterocycles. The lowest BCUT2D eigenvalue weighted by Gasteiger charge is -2.25. The summed E-state index contributed by atoms with van der Waals surface area (Å²) in [5.74, 6) is 0. The zero-order chi connectivity index (χ0) is 10.1. The van der Waals surface area contributed by atoms with Crippen molar-refractivity contribution in [1.82, 2.24) is 15.5 Å². The second-order valence-electron chi connectivity index (χ2n) is 3.55. The lowest BCUT2D eigenvalue weighted by Crippen LogP contribution is -2.43. The fourth-order valence-electron chi connectivity index (χ4n) is 1.54. The van der Waals surface area contributed by atoms with Crippen LogP contribution in [0.5, 0.6) is 0 Å². The van der Waals surface area contributed by atoms with Gasteiger partial charge in [0.15, 0.2) is 0 Å². The molecule has 0 saturated carbocycles. The van der Waals surface area contributed by atoms with Gasteiger partial charge in [0, 0.05) is 39.3 Å². The topological polar surface area (TPSA) is 36.5 Å². The van der Waals surface area contributed by atoms with Gasteiger partial charge in [-0.2, -0.15) is 0 Å². The summed E-state index contributed by atoms with van der Waals surface area (Å²) in [4.78, 5) is 2.45. The summed E-state index contributed by atoms with van der Waals surface area (Å²) in [5.41, 5.74) is 0. The van der Waals surface area contributed by atoms with Gasteiger partial charge >= 0.3 is 0 Å². The maximum absolute atomic E-state index is 5.01. The Morgan fingerprint density at radius 3 is 1.86 bits per heavy atom. The van der Waals surface area contributed by atoms with Crippen LogP contribution in [0.1, 0.15) is 6.92 Å². The molecule has 0 spiro atoms. The summed E-state index contributed by atoms with van der Waals surface area (Å²) in [5, 5.41) is 6.47. The van der Waals surface area contributed by atoms with E-state index in [-0.39, 0.29) is 0 Å². The number of rotatable bonds is 1. The van der Waals surface area contributed by atoms with Gasteiger partial charge in [-0.15, -0.1) is 0 Å². The Morgan fingerprint density at radius 2 is 1.57 bits per heavy atom. The Morgan fingerprint density at radius 1 is 1.00 bits per heavy atom. The number of hydrogen-bond acceptors (Lipinski definition) is 4. The Balaban J connectivity index is 0.000000146. The van der Waals surface area contributed by atoms with E-state index in [4.69, 9.17) is 4.74 Å². The molecule has 14 heavy (non-hydrogen) atoms. The van der Waals surface area contributed by atoms with E-state index in [1.54, 1.807) is 0 Å². The number of morpholine rings is 1. The van der Waals surface area contributed by atoms with Gasteiger partial charge in [0.2, 0.25) is 0 Å². The van der Waals surface area contributed by atoms with E-state index in [1.807, 2.05) is 0 Å². The molecule has 0 bridgehead atoms. The first-order valence-electron chi connectivity index (χ1n) is 5.65. The molecule has 2 saturated heterocycles. The van der Waals surface area contributed by atoms with Gasteiger partial charge in [0.25, 0.3) is 0 Å². The summed E-state index contributed by atoms with van der Waals surface area (Å²) in [6.45, 7) is 12.1. The van der Waals surface area contributed by atoms with E-state index in [0.717, 1.165) is 26.3 Å². The normalized spacial score (nSPS) is 23.8. The van der Waals surface area contributed by atoms with Crippen molar-refractivity contribution in [3.05, 3.63) is 0 Å². The van der Waals surface area contributed by atoms with Crippen molar-refractivity contribution in [1.29, 1.82) is 0 Å². The largest absolute Gasteiger partial charge is 0.379 e. The lowest BCUT2D eigenvalue weighted by molar-refractivity contribution is 0.109. The van der Waals surface area contributed by atoms with Gasteiger partial charge < -0.3 is 20.3 Å². The fourth-order valence-corrected chi connectivity index (χ4v) is 1.54. The molecule has 2 heterocycles. The molecule has 0 atom stereocenters. The minimum absolute atomic E-state index is 0.889. The molecule has 2 aliphatic heterocycles. The predicted molar refractivity (Wildman–Crippen MR) is 58.7 cm³/mol. The number of nitrogens with one attached hydrogen (secondary N) is 2. The molecule has 4 heteroatoms. The third kappa shape index (κ3) is 5.54. The van der Waals surface area contributed by atoms with Crippen LogP contribution in [0, 0.1) is 0 Å². The minimum atomic E-state index is 0.889. The lowest BCUT2D eigenvalue weighted by atomic mass is 10.4. The minimum Gasteiger partial charge on any atom is -0.379 e. The summed E-state index contributed by atoms with van der Waals surface area (Å²) in [7, 11) is 0. The highest BCUT2D eigenvalue weighted by Crippen LogP contribution is 1.88. The number of hydrogen-bond donors (Lipinski definition) is 2. The maximum atomic E-state index is 5.01. The molecular weight excluding hydrogens is 178 g/mol. The van der Waals surface area contributed by atoms with Crippen LogP contribution in [-0.4, -0.2) is 63.9 Å². The number of nitrogens with zero attached hydrogens (tertiary/aromatic N) is 1. The number of piperazine rings is 1. The van der Waals surface area contributed by atoms with E-state index in [2.05, 4.69) is 22.5 Å². The Hall–Kier alpha value is -0.160. The second-order valence-corrected chi connectivity index (χ2v) is 3.55. The van der Waals surface area contributed by atoms with Crippen molar-refractivity contribution in [2.45, 2.75) is 6.92 Å². The van der Waals surface area contributed by atoms with Crippen molar-refractivity contribution >= 4 is 0 Å². The van der Waals surface area contributed by atoms with Crippen molar-refractivity contribution in [2.75, 3.05) is 59.0 Å². The average Bonchev–Trinajstić information content (AvgIpc) is 2.33. The highest BCUT2D eigenvalue weighted by Gasteiger charge is 2.04. The molecule has 0 aliphatic carbocycles. The smallest absolute Gasteiger partial charge is 0.0591 e. The van der Waals surface area contributed by atoms with Gasteiger partial charge in [0.05, 0.1) is 13.2 Å². The van der Waals surface area contributed by atoms with Gasteiger partial charge in [-0.3, -0.25) is 0 Å². The molecule has 0 radical (unpaired) electrons. The van der Waals surface area contributed by atoms with Crippen molar-refractivity contribution in [3.63, 3.8) is 0 Å². The Kier molecular flexibility index (Phi) is 6.95. The zero-order valence-corrected chi connectivity index (χ0v) is 9.22. The summed E-state index contributed by atoms with van der Waals surface area (Å²) >= 11 is 0. The van der Waals surface area contributed by atoms with Crippen LogP contribution in [0.2, 0.25) is 0 Å². The van der Waals surface area contributed by atoms with E-state index >= 15 is 0 Å². The summed E-state index contributed by atoms with van der Waals surface area (Å²) < 4.78 is 5.01. The molecule has 2 aliphatic rings. The quantitative estimate of drug-likeness (QED) is 0.601. The third-order valence-electron chi connectivity index (χ3n) is 2.50. The number of ether oxygens (including phenoxy) is 1. The standard InChI is InChI=1S/C6H14N2.C4H9NO/c1-2-8-5-3-7-4-6-8;1-3-6-4-2-5-1/h7H,2-6H2,1H3;5H,1-4H2. The summed E-state index contributed by atoms with van der Waals surface area (Å²) in [6, 6.07) is 0. The predicted octanol–water partition coefficient (Wildman–Crippen LogP) is -0.482. The third-order valence-corrected chi connectivity index (χ3v) is 2.50. The number of likely N-dealkylation sites (N-methyl/N-ethyl adjacent to an activating group) is 1. The zero-order valence-electron chi connectivity index (χ0n) is 9.22. The first kappa shape index (κ1) is 11.9. The van der Waals surface area contributed by atoms with Gasteiger partial charge in [-0.25, -0.2) is 0 Å². The van der Waals surface area contributed by atoms with Crippen LogP contribution in [0.25, 0.3) is 0 Å². The Labute approximate surface area is 87.0 Å². The fraction of sp³-hybridized carbons (Fsp3) is 1.00. The monoisotopic (exact) mass is 201 g/mol. The SMILES string of the molecule is C1COCCN1.CCN1CCNCC1. The average molecular weight is 201 g/mol. The van der Waals surface area contributed by atoms with Gasteiger partial charge in [-0.1, -0.05) is 6.92 Å². The maximum Gasteiger partial charge on any atom is 0.0591 e. The molecule has 0 unspecified atom stereocenters. The molecule has 2 N–H and O–H groups in total. The van der Waals surface area contributed by atoms with Crippen LogP contribution < -0.4 is 10.6 Å².